The van der Waals surface area contributed by atoms with Crippen LogP contribution in [0.3, 0.4) is 0 Å². The van der Waals surface area contributed by atoms with Gasteiger partial charge < -0.3 is 14.8 Å². The number of carbonyl (C=O) groups is 1. The lowest BCUT2D eigenvalue weighted by atomic mass is 10.1. The first-order valence-electron chi connectivity index (χ1n) is 6.53. The van der Waals surface area contributed by atoms with Crippen LogP contribution in [0.2, 0.25) is 0 Å². The molecule has 0 bridgehead atoms. The molecule has 0 saturated carbocycles. The Kier molecular flexibility index (Phi) is 5.14. The Morgan fingerprint density at radius 2 is 2.10 bits per heavy atom. The molecule has 0 radical (unpaired) electrons. The van der Waals surface area contributed by atoms with Crippen molar-refractivity contribution in [3.8, 4) is 11.5 Å². The summed E-state index contributed by atoms with van der Waals surface area (Å²) >= 11 is 0. The van der Waals surface area contributed by atoms with Crippen molar-refractivity contribution in [2.75, 3.05) is 20.8 Å². The van der Waals surface area contributed by atoms with Crippen LogP contribution in [-0.4, -0.2) is 41.4 Å². The monoisotopic (exact) mass is 290 g/mol. The number of aromatic nitrogens is 3. The minimum Gasteiger partial charge on any atom is -0.493 e. The summed E-state index contributed by atoms with van der Waals surface area (Å²) in [4.78, 5) is 15.5. The SMILES string of the molecule is COc1ccc(CCNC(=O)Cn2cncn2)cc1OC. The van der Waals surface area contributed by atoms with Crippen LogP contribution in [0.25, 0.3) is 0 Å². The lowest BCUT2D eigenvalue weighted by Gasteiger charge is -2.10. The molecule has 7 nitrogen and oxygen atoms in total. The number of rotatable bonds is 7. The Morgan fingerprint density at radius 3 is 2.76 bits per heavy atom. The largest absolute Gasteiger partial charge is 0.493 e. The van der Waals surface area contributed by atoms with E-state index in [0.717, 1.165) is 5.56 Å². The standard InChI is InChI=1S/C14H18N4O3/c1-20-12-4-3-11(7-13(12)21-2)5-6-16-14(19)8-18-10-15-9-17-18/h3-4,7,9-10H,5-6,8H2,1-2H3,(H,16,19). The Balaban J connectivity index is 1.81. The highest BCUT2D eigenvalue weighted by atomic mass is 16.5. The summed E-state index contributed by atoms with van der Waals surface area (Å²) < 4.78 is 11.9. The predicted molar refractivity (Wildman–Crippen MR) is 76.3 cm³/mol. The van der Waals surface area contributed by atoms with E-state index < -0.39 is 0 Å². The van der Waals surface area contributed by atoms with E-state index in [1.54, 1.807) is 14.2 Å². The first-order chi connectivity index (χ1) is 10.2. The van der Waals surface area contributed by atoms with Crippen LogP contribution < -0.4 is 14.8 Å². The maximum absolute atomic E-state index is 11.7. The molecule has 1 amide bonds. The van der Waals surface area contributed by atoms with Gasteiger partial charge in [0.25, 0.3) is 0 Å². The molecule has 2 rings (SSSR count). The fourth-order valence-electron chi connectivity index (χ4n) is 1.90. The summed E-state index contributed by atoms with van der Waals surface area (Å²) in [6.45, 7) is 0.717. The molecule has 0 saturated heterocycles. The van der Waals surface area contributed by atoms with E-state index in [2.05, 4.69) is 15.4 Å². The van der Waals surface area contributed by atoms with Gasteiger partial charge in [-0.2, -0.15) is 5.10 Å². The Labute approximate surface area is 122 Å². The number of nitrogens with zero attached hydrogens (tertiary/aromatic N) is 3. The van der Waals surface area contributed by atoms with Crippen LogP contribution in [0.1, 0.15) is 5.56 Å². The van der Waals surface area contributed by atoms with Crippen molar-refractivity contribution in [2.45, 2.75) is 13.0 Å². The van der Waals surface area contributed by atoms with E-state index in [0.29, 0.717) is 24.5 Å². The Bertz CT molecular complexity index is 584. The fraction of sp³-hybridized carbons (Fsp3) is 0.357. The molecule has 1 aromatic carbocycles. The van der Waals surface area contributed by atoms with Crippen molar-refractivity contribution >= 4 is 5.91 Å². The molecule has 0 spiro atoms. The zero-order chi connectivity index (χ0) is 15.1. The lowest BCUT2D eigenvalue weighted by molar-refractivity contribution is -0.121. The summed E-state index contributed by atoms with van der Waals surface area (Å²) in [5.74, 6) is 1.28. The van der Waals surface area contributed by atoms with Gasteiger partial charge in [0.2, 0.25) is 5.91 Å². The second-order valence-corrected chi connectivity index (χ2v) is 4.38. The third-order valence-electron chi connectivity index (χ3n) is 2.96. The van der Waals surface area contributed by atoms with E-state index in [4.69, 9.17) is 9.47 Å². The molecule has 7 heteroatoms. The van der Waals surface area contributed by atoms with Gasteiger partial charge >= 0.3 is 0 Å². The molecule has 0 unspecified atom stereocenters. The highest BCUT2D eigenvalue weighted by Crippen LogP contribution is 2.27. The van der Waals surface area contributed by atoms with Crippen molar-refractivity contribution in [3.05, 3.63) is 36.4 Å². The molecule has 1 heterocycles. The molecular weight excluding hydrogens is 272 g/mol. The van der Waals surface area contributed by atoms with Crippen LogP contribution >= 0.6 is 0 Å². The predicted octanol–water partition coefficient (Wildman–Crippen LogP) is 0.654. The Morgan fingerprint density at radius 1 is 1.29 bits per heavy atom. The van der Waals surface area contributed by atoms with Crippen LogP contribution in [0, 0.1) is 0 Å². The molecular formula is C14H18N4O3. The fourth-order valence-corrected chi connectivity index (χ4v) is 1.90. The Hall–Kier alpha value is -2.57. The molecule has 1 N–H and O–H groups in total. The highest BCUT2D eigenvalue weighted by molar-refractivity contribution is 5.75. The minimum absolute atomic E-state index is 0.0963. The molecule has 2 aromatic rings. The summed E-state index contributed by atoms with van der Waals surface area (Å²) in [5, 5.41) is 6.71. The van der Waals surface area contributed by atoms with E-state index in [1.165, 1.54) is 17.3 Å². The normalized spacial score (nSPS) is 10.2. The van der Waals surface area contributed by atoms with Crippen molar-refractivity contribution < 1.29 is 14.3 Å². The molecule has 0 fully saturated rings. The number of benzene rings is 1. The van der Waals surface area contributed by atoms with Gasteiger partial charge in [-0.05, 0) is 24.1 Å². The number of hydrogen-bond donors (Lipinski definition) is 1. The van der Waals surface area contributed by atoms with Crippen LogP contribution in [0.5, 0.6) is 11.5 Å². The third-order valence-corrected chi connectivity index (χ3v) is 2.96. The smallest absolute Gasteiger partial charge is 0.241 e. The number of methoxy groups -OCH3 is 2. The van der Waals surface area contributed by atoms with Gasteiger partial charge in [-0.3, -0.25) is 4.79 Å². The lowest BCUT2D eigenvalue weighted by Crippen LogP contribution is -2.29. The minimum atomic E-state index is -0.0963. The number of hydrogen-bond acceptors (Lipinski definition) is 5. The number of nitrogens with one attached hydrogen (secondary N) is 1. The quantitative estimate of drug-likeness (QED) is 0.810. The second-order valence-electron chi connectivity index (χ2n) is 4.38. The molecule has 0 aliphatic carbocycles. The third kappa shape index (κ3) is 4.20. The molecule has 0 aliphatic rings. The number of amides is 1. The van der Waals surface area contributed by atoms with E-state index in [1.807, 2.05) is 18.2 Å². The number of carbonyl (C=O) groups excluding carboxylic acids is 1. The van der Waals surface area contributed by atoms with Gasteiger partial charge in [0.1, 0.15) is 19.2 Å². The van der Waals surface area contributed by atoms with E-state index >= 15 is 0 Å². The van der Waals surface area contributed by atoms with E-state index in [-0.39, 0.29) is 12.5 Å². The molecule has 21 heavy (non-hydrogen) atoms. The molecule has 0 atom stereocenters. The number of ether oxygens (including phenoxy) is 2. The van der Waals surface area contributed by atoms with Gasteiger partial charge in [-0.1, -0.05) is 6.07 Å². The van der Waals surface area contributed by atoms with Gasteiger partial charge in [0.15, 0.2) is 11.5 Å². The topological polar surface area (TPSA) is 78.3 Å². The summed E-state index contributed by atoms with van der Waals surface area (Å²) in [6, 6.07) is 5.71. The highest BCUT2D eigenvalue weighted by Gasteiger charge is 2.06. The average Bonchev–Trinajstić information content (AvgIpc) is 2.99. The van der Waals surface area contributed by atoms with Crippen molar-refractivity contribution in [2.24, 2.45) is 0 Å². The summed E-state index contributed by atoms with van der Waals surface area (Å²) in [6.07, 6.45) is 3.62. The summed E-state index contributed by atoms with van der Waals surface area (Å²) in [5.41, 5.74) is 1.06. The van der Waals surface area contributed by atoms with Gasteiger partial charge in [0.05, 0.1) is 14.2 Å². The van der Waals surface area contributed by atoms with Crippen LogP contribution in [0.4, 0.5) is 0 Å². The second kappa shape index (κ2) is 7.28. The first-order valence-corrected chi connectivity index (χ1v) is 6.53. The van der Waals surface area contributed by atoms with E-state index in [9.17, 15) is 4.79 Å². The van der Waals surface area contributed by atoms with Gasteiger partial charge in [-0.15, -0.1) is 0 Å². The zero-order valence-electron chi connectivity index (χ0n) is 12.1. The van der Waals surface area contributed by atoms with Crippen molar-refractivity contribution in [1.29, 1.82) is 0 Å². The maximum atomic E-state index is 11.7. The zero-order valence-corrected chi connectivity index (χ0v) is 12.1. The summed E-state index contributed by atoms with van der Waals surface area (Å²) in [7, 11) is 3.20. The van der Waals surface area contributed by atoms with Gasteiger partial charge in [-0.25, -0.2) is 9.67 Å². The van der Waals surface area contributed by atoms with Crippen molar-refractivity contribution in [1.82, 2.24) is 20.1 Å². The van der Waals surface area contributed by atoms with Crippen LogP contribution in [-0.2, 0) is 17.8 Å². The maximum Gasteiger partial charge on any atom is 0.241 e. The van der Waals surface area contributed by atoms with Crippen molar-refractivity contribution in [3.63, 3.8) is 0 Å². The first kappa shape index (κ1) is 14.8. The molecule has 0 aliphatic heterocycles. The molecule has 1 aromatic heterocycles. The van der Waals surface area contributed by atoms with Gasteiger partial charge in [0, 0.05) is 6.54 Å². The average molecular weight is 290 g/mol. The van der Waals surface area contributed by atoms with Crippen LogP contribution in [0.15, 0.2) is 30.9 Å². The molecule has 112 valence electrons.